The van der Waals surface area contributed by atoms with Crippen LogP contribution in [0.1, 0.15) is 6.92 Å². The maximum atomic E-state index is 5.99. The average Bonchev–Trinajstić information content (AvgIpc) is 2.16. The lowest BCUT2D eigenvalue weighted by Crippen LogP contribution is -2.49. The van der Waals surface area contributed by atoms with E-state index < -0.39 is 0 Å². The van der Waals surface area contributed by atoms with Gasteiger partial charge in [-0.3, -0.25) is 0 Å². The Morgan fingerprint density at radius 3 is 2.53 bits per heavy atom. The highest BCUT2D eigenvalue weighted by molar-refractivity contribution is 6.35. The summed E-state index contributed by atoms with van der Waals surface area (Å²) in [5.74, 6) is 0. The molecule has 1 saturated heterocycles. The van der Waals surface area contributed by atoms with Crippen LogP contribution in [-0.4, -0.2) is 25.7 Å². The molecule has 1 N–H and O–H groups in total. The van der Waals surface area contributed by atoms with Crippen LogP contribution in [0.3, 0.4) is 0 Å². The highest BCUT2D eigenvalue weighted by Gasteiger charge is 2.18. The molecule has 0 saturated carbocycles. The fourth-order valence-corrected chi connectivity index (χ4v) is 2.44. The third-order valence-corrected chi connectivity index (χ3v) is 3.12. The summed E-state index contributed by atoms with van der Waals surface area (Å²) in [6, 6.07) is 6.18. The van der Waals surface area contributed by atoms with Gasteiger partial charge in [0, 0.05) is 41.4 Å². The van der Waals surface area contributed by atoms with E-state index >= 15 is 0 Å². The highest BCUT2D eigenvalue weighted by Crippen LogP contribution is 2.27. The van der Waals surface area contributed by atoms with Crippen molar-refractivity contribution in [3.63, 3.8) is 0 Å². The van der Waals surface area contributed by atoms with Crippen molar-refractivity contribution in [2.45, 2.75) is 13.0 Å². The van der Waals surface area contributed by atoms with Crippen molar-refractivity contribution < 1.29 is 0 Å². The number of hydrogen-bond donors (Lipinski definition) is 1. The van der Waals surface area contributed by atoms with Gasteiger partial charge in [-0.25, -0.2) is 0 Å². The van der Waals surface area contributed by atoms with Gasteiger partial charge in [0.25, 0.3) is 0 Å². The van der Waals surface area contributed by atoms with Crippen LogP contribution >= 0.6 is 23.2 Å². The highest BCUT2D eigenvalue weighted by atomic mass is 35.5. The number of anilines is 1. The second-order valence-corrected chi connectivity index (χ2v) is 4.75. The maximum absolute atomic E-state index is 5.99. The zero-order valence-corrected chi connectivity index (χ0v) is 10.1. The summed E-state index contributed by atoms with van der Waals surface area (Å²) in [6.45, 7) is 5.21. The van der Waals surface area contributed by atoms with Gasteiger partial charge >= 0.3 is 0 Å². The maximum Gasteiger partial charge on any atom is 0.0441 e. The van der Waals surface area contributed by atoms with E-state index in [1.807, 2.05) is 12.1 Å². The molecule has 0 amide bonds. The average molecular weight is 245 g/mol. The number of nitrogens with zero attached hydrogens (tertiary/aromatic N) is 1. The second-order valence-electron chi connectivity index (χ2n) is 3.87. The summed E-state index contributed by atoms with van der Waals surface area (Å²) in [6.07, 6.45) is 0. The predicted molar refractivity (Wildman–Crippen MR) is 66.1 cm³/mol. The minimum atomic E-state index is 0.480. The number of rotatable bonds is 1. The monoisotopic (exact) mass is 244 g/mol. The van der Waals surface area contributed by atoms with Crippen LogP contribution in [0.15, 0.2) is 18.2 Å². The van der Waals surface area contributed by atoms with Gasteiger partial charge in [-0.1, -0.05) is 23.2 Å². The molecule has 0 radical (unpaired) electrons. The molecule has 1 fully saturated rings. The Bertz CT molecular complexity index is 334. The number of halogens is 2. The Morgan fingerprint density at radius 2 is 1.93 bits per heavy atom. The van der Waals surface area contributed by atoms with Crippen LogP contribution in [0.4, 0.5) is 5.69 Å². The minimum absolute atomic E-state index is 0.480. The SMILES string of the molecule is C[C@H]1CNCCN1c1cc(Cl)cc(Cl)c1. The van der Waals surface area contributed by atoms with Crippen molar-refractivity contribution in [2.24, 2.45) is 0 Å². The lowest BCUT2D eigenvalue weighted by molar-refractivity contribution is 0.501. The largest absolute Gasteiger partial charge is 0.366 e. The molecule has 15 heavy (non-hydrogen) atoms. The van der Waals surface area contributed by atoms with Gasteiger partial charge in [0.15, 0.2) is 0 Å². The molecule has 0 aliphatic carbocycles. The van der Waals surface area contributed by atoms with Crippen molar-refractivity contribution in [2.75, 3.05) is 24.5 Å². The molecule has 1 aromatic carbocycles. The molecular formula is C11H14Cl2N2. The van der Waals surface area contributed by atoms with E-state index in [1.165, 1.54) is 0 Å². The van der Waals surface area contributed by atoms with Gasteiger partial charge in [0.05, 0.1) is 0 Å². The first-order chi connectivity index (χ1) is 7.16. The van der Waals surface area contributed by atoms with Crippen molar-refractivity contribution in [1.82, 2.24) is 5.32 Å². The molecule has 82 valence electrons. The zero-order chi connectivity index (χ0) is 10.8. The standard InChI is InChI=1S/C11H14Cl2N2/c1-8-7-14-2-3-15(8)11-5-9(12)4-10(13)6-11/h4-6,8,14H,2-3,7H2,1H3/t8-/m0/s1. The first-order valence-corrected chi connectivity index (χ1v) is 5.86. The van der Waals surface area contributed by atoms with Crippen molar-refractivity contribution in [1.29, 1.82) is 0 Å². The quantitative estimate of drug-likeness (QED) is 0.818. The van der Waals surface area contributed by atoms with Gasteiger partial charge in [-0.2, -0.15) is 0 Å². The Labute approximate surface area is 100 Å². The normalized spacial score (nSPS) is 21.8. The molecule has 4 heteroatoms. The zero-order valence-electron chi connectivity index (χ0n) is 8.63. The molecular weight excluding hydrogens is 231 g/mol. The number of hydrogen-bond acceptors (Lipinski definition) is 2. The second kappa shape index (κ2) is 4.60. The predicted octanol–water partition coefficient (Wildman–Crippen LogP) is 2.79. The summed E-state index contributed by atoms with van der Waals surface area (Å²) >= 11 is 12.0. The van der Waals surface area contributed by atoms with Crippen molar-refractivity contribution >= 4 is 28.9 Å². The lowest BCUT2D eigenvalue weighted by Gasteiger charge is -2.36. The summed E-state index contributed by atoms with van der Waals surface area (Å²) in [4.78, 5) is 2.33. The fourth-order valence-electron chi connectivity index (χ4n) is 1.93. The van der Waals surface area contributed by atoms with Gasteiger partial charge in [0.2, 0.25) is 0 Å². The van der Waals surface area contributed by atoms with Crippen LogP contribution in [-0.2, 0) is 0 Å². The third-order valence-electron chi connectivity index (χ3n) is 2.68. The summed E-state index contributed by atoms with van der Waals surface area (Å²) < 4.78 is 0. The van der Waals surface area contributed by atoms with Gasteiger partial charge in [-0.05, 0) is 25.1 Å². The Hall–Kier alpha value is -0.440. The summed E-state index contributed by atoms with van der Waals surface area (Å²) in [5, 5.41) is 4.75. The molecule has 1 aromatic rings. The van der Waals surface area contributed by atoms with E-state index in [0.29, 0.717) is 16.1 Å². The van der Waals surface area contributed by atoms with E-state index in [-0.39, 0.29) is 0 Å². The fraction of sp³-hybridized carbons (Fsp3) is 0.455. The van der Waals surface area contributed by atoms with Crippen LogP contribution in [0, 0.1) is 0 Å². The van der Waals surface area contributed by atoms with E-state index in [4.69, 9.17) is 23.2 Å². The third kappa shape index (κ3) is 2.57. The first-order valence-electron chi connectivity index (χ1n) is 5.10. The topological polar surface area (TPSA) is 15.3 Å². The van der Waals surface area contributed by atoms with E-state index in [2.05, 4.69) is 17.1 Å². The van der Waals surface area contributed by atoms with E-state index in [1.54, 1.807) is 6.07 Å². The molecule has 0 spiro atoms. The summed E-state index contributed by atoms with van der Waals surface area (Å²) in [5.41, 5.74) is 1.11. The number of benzene rings is 1. The molecule has 1 aliphatic rings. The Morgan fingerprint density at radius 1 is 1.27 bits per heavy atom. The Kier molecular flexibility index (Phi) is 3.39. The summed E-state index contributed by atoms with van der Waals surface area (Å²) in [7, 11) is 0. The lowest BCUT2D eigenvalue weighted by atomic mass is 10.2. The number of nitrogens with one attached hydrogen (secondary N) is 1. The molecule has 0 bridgehead atoms. The van der Waals surface area contributed by atoms with Crippen LogP contribution in [0.5, 0.6) is 0 Å². The van der Waals surface area contributed by atoms with E-state index in [9.17, 15) is 0 Å². The molecule has 1 aliphatic heterocycles. The van der Waals surface area contributed by atoms with Crippen molar-refractivity contribution in [3.8, 4) is 0 Å². The van der Waals surface area contributed by atoms with Gasteiger partial charge < -0.3 is 10.2 Å². The molecule has 2 rings (SSSR count). The molecule has 0 aromatic heterocycles. The van der Waals surface area contributed by atoms with E-state index in [0.717, 1.165) is 25.3 Å². The molecule has 2 nitrogen and oxygen atoms in total. The molecule has 0 unspecified atom stereocenters. The molecule has 1 heterocycles. The van der Waals surface area contributed by atoms with Gasteiger partial charge in [0.1, 0.15) is 0 Å². The molecule has 1 atom stereocenters. The number of piperazine rings is 1. The van der Waals surface area contributed by atoms with Crippen LogP contribution < -0.4 is 10.2 Å². The van der Waals surface area contributed by atoms with Gasteiger partial charge in [-0.15, -0.1) is 0 Å². The Balaban J connectivity index is 2.27. The first kappa shape index (κ1) is 11.1. The van der Waals surface area contributed by atoms with Crippen molar-refractivity contribution in [3.05, 3.63) is 28.2 Å². The van der Waals surface area contributed by atoms with Crippen LogP contribution in [0.25, 0.3) is 0 Å². The minimum Gasteiger partial charge on any atom is -0.366 e. The van der Waals surface area contributed by atoms with Crippen LogP contribution in [0.2, 0.25) is 10.0 Å². The smallest absolute Gasteiger partial charge is 0.0441 e.